The van der Waals surface area contributed by atoms with Crippen LogP contribution in [0, 0.1) is 0 Å². The highest BCUT2D eigenvalue weighted by molar-refractivity contribution is 7.16. The van der Waals surface area contributed by atoms with Gasteiger partial charge in [-0.05, 0) is 30.7 Å². The molecule has 1 atom stereocenters. The summed E-state index contributed by atoms with van der Waals surface area (Å²) in [5, 5.41) is 6.12. The van der Waals surface area contributed by atoms with Crippen molar-refractivity contribution < 1.29 is 4.79 Å². The summed E-state index contributed by atoms with van der Waals surface area (Å²) in [7, 11) is 0. The Morgan fingerprint density at radius 3 is 3.29 bits per heavy atom. The van der Waals surface area contributed by atoms with Crippen LogP contribution in [0.25, 0.3) is 10.2 Å². The highest BCUT2D eigenvalue weighted by Gasteiger charge is 2.32. The molecule has 0 spiro atoms. The van der Waals surface area contributed by atoms with E-state index in [1.807, 2.05) is 11.4 Å². The fourth-order valence-corrected chi connectivity index (χ4v) is 3.53. The van der Waals surface area contributed by atoms with Crippen LogP contribution in [0.15, 0.2) is 17.8 Å². The molecule has 1 amide bonds. The van der Waals surface area contributed by atoms with Crippen LogP contribution in [0.4, 0.5) is 5.82 Å². The minimum Gasteiger partial charge on any atom is -0.354 e. The summed E-state index contributed by atoms with van der Waals surface area (Å²) in [6.45, 7) is 3.77. The first-order chi connectivity index (χ1) is 10.3. The van der Waals surface area contributed by atoms with E-state index < -0.39 is 0 Å². The highest BCUT2D eigenvalue weighted by Crippen LogP contribution is 2.31. The topological polar surface area (TPSA) is 58.1 Å². The van der Waals surface area contributed by atoms with E-state index in [2.05, 4.69) is 27.1 Å². The van der Waals surface area contributed by atoms with Crippen molar-refractivity contribution in [3.05, 3.63) is 17.8 Å². The van der Waals surface area contributed by atoms with E-state index in [1.165, 1.54) is 0 Å². The average molecular weight is 304 g/mol. The van der Waals surface area contributed by atoms with Gasteiger partial charge in [0.15, 0.2) is 0 Å². The Morgan fingerprint density at radius 1 is 1.52 bits per heavy atom. The first-order valence-corrected chi connectivity index (χ1v) is 8.41. The van der Waals surface area contributed by atoms with Crippen molar-refractivity contribution >= 4 is 33.3 Å². The standard InChI is InChI=1S/C15H20N4OS/c1-2-3-7-16-14(20)12-5-4-8-19(12)13-11-6-9-21-15(11)18-10-17-13/h6,9-10,12H,2-5,7-8H2,1H3,(H,16,20)/t12-/m0/s1. The third-order valence-electron chi connectivity index (χ3n) is 3.90. The first-order valence-electron chi connectivity index (χ1n) is 7.54. The van der Waals surface area contributed by atoms with Gasteiger partial charge in [0, 0.05) is 13.1 Å². The molecule has 3 heterocycles. The van der Waals surface area contributed by atoms with Crippen molar-refractivity contribution in [2.75, 3.05) is 18.0 Å². The number of carbonyl (C=O) groups excluding carboxylic acids is 1. The minimum atomic E-state index is -0.0974. The van der Waals surface area contributed by atoms with E-state index in [1.54, 1.807) is 17.7 Å². The monoisotopic (exact) mass is 304 g/mol. The summed E-state index contributed by atoms with van der Waals surface area (Å²) < 4.78 is 0. The van der Waals surface area contributed by atoms with Gasteiger partial charge in [-0.1, -0.05) is 13.3 Å². The molecule has 1 fully saturated rings. The van der Waals surface area contributed by atoms with Crippen molar-refractivity contribution in [3.8, 4) is 0 Å². The Kier molecular flexibility index (Phi) is 4.34. The van der Waals surface area contributed by atoms with Gasteiger partial charge in [0.1, 0.15) is 23.0 Å². The zero-order valence-corrected chi connectivity index (χ0v) is 13.0. The molecule has 0 saturated carbocycles. The van der Waals surface area contributed by atoms with E-state index in [9.17, 15) is 4.79 Å². The molecule has 1 N–H and O–H groups in total. The lowest BCUT2D eigenvalue weighted by Crippen LogP contribution is -2.44. The van der Waals surface area contributed by atoms with Crippen LogP contribution in [0.5, 0.6) is 0 Å². The van der Waals surface area contributed by atoms with Gasteiger partial charge in [-0.15, -0.1) is 11.3 Å². The zero-order valence-electron chi connectivity index (χ0n) is 12.2. The molecular weight excluding hydrogens is 284 g/mol. The van der Waals surface area contributed by atoms with Crippen molar-refractivity contribution in [2.24, 2.45) is 0 Å². The molecule has 0 aliphatic carbocycles. The number of hydrogen-bond acceptors (Lipinski definition) is 5. The van der Waals surface area contributed by atoms with Crippen LogP contribution < -0.4 is 10.2 Å². The smallest absolute Gasteiger partial charge is 0.242 e. The summed E-state index contributed by atoms with van der Waals surface area (Å²) in [5.74, 6) is 1.03. The number of aromatic nitrogens is 2. The van der Waals surface area contributed by atoms with Gasteiger partial charge in [-0.25, -0.2) is 9.97 Å². The summed E-state index contributed by atoms with van der Waals surface area (Å²) in [4.78, 5) is 24.2. The lowest BCUT2D eigenvalue weighted by molar-refractivity contribution is -0.122. The van der Waals surface area contributed by atoms with E-state index in [0.29, 0.717) is 0 Å². The zero-order chi connectivity index (χ0) is 14.7. The number of anilines is 1. The maximum atomic E-state index is 12.4. The molecule has 3 rings (SSSR count). The lowest BCUT2D eigenvalue weighted by Gasteiger charge is -2.25. The van der Waals surface area contributed by atoms with E-state index >= 15 is 0 Å². The Balaban J connectivity index is 1.80. The number of unbranched alkanes of at least 4 members (excludes halogenated alkanes) is 1. The maximum Gasteiger partial charge on any atom is 0.242 e. The van der Waals surface area contributed by atoms with Crippen LogP contribution >= 0.6 is 11.3 Å². The second-order valence-corrected chi connectivity index (χ2v) is 6.23. The number of amides is 1. The molecule has 2 aromatic heterocycles. The average Bonchev–Trinajstić information content (AvgIpc) is 3.15. The molecule has 0 bridgehead atoms. The van der Waals surface area contributed by atoms with E-state index in [0.717, 1.165) is 54.8 Å². The molecule has 6 heteroatoms. The number of fused-ring (bicyclic) bond motifs is 1. The highest BCUT2D eigenvalue weighted by atomic mass is 32.1. The Bertz CT molecular complexity index is 627. The van der Waals surface area contributed by atoms with E-state index in [4.69, 9.17) is 0 Å². The van der Waals surface area contributed by atoms with Crippen molar-refractivity contribution in [1.29, 1.82) is 0 Å². The second-order valence-electron chi connectivity index (χ2n) is 5.33. The number of nitrogens with zero attached hydrogens (tertiary/aromatic N) is 3. The number of carbonyl (C=O) groups is 1. The first kappa shape index (κ1) is 14.3. The summed E-state index contributed by atoms with van der Waals surface area (Å²) in [5.41, 5.74) is 0. The van der Waals surface area contributed by atoms with Gasteiger partial charge in [0.05, 0.1) is 5.39 Å². The molecule has 1 aliphatic heterocycles. The lowest BCUT2D eigenvalue weighted by atomic mass is 10.2. The van der Waals surface area contributed by atoms with Gasteiger partial charge in [0.25, 0.3) is 0 Å². The normalized spacial score (nSPS) is 18.3. The quantitative estimate of drug-likeness (QED) is 0.863. The van der Waals surface area contributed by atoms with E-state index in [-0.39, 0.29) is 11.9 Å². The van der Waals surface area contributed by atoms with Crippen molar-refractivity contribution in [3.63, 3.8) is 0 Å². The Hall–Kier alpha value is -1.69. The maximum absolute atomic E-state index is 12.4. The van der Waals surface area contributed by atoms with Crippen LogP contribution in [0.3, 0.4) is 0 Å². The van der Waals surface area contributed by atoms with Gasteiger partial charge in [0.2, 0.25) is 5.91 Å². The molecule has 1 saturated heterocycles. The van der Waals surface area contributed by atoms with Crippen molar-refractivity contribution in [1.82, 2.24) is 15.3 Å². The number of hydrogen-bond donors (Lipinski definition) is 1. The fraction of sp³-hybridized carbons (Fsp3) is 0.533. The predicted octanol–water partition coefficient (Wildman–Crippen LogP) is 2.58. The molecule has 112 valence electrons. The number of rotatable bonds is 5. The molecule has 0 radical (unpaired) electrons. The molecule has 1 aliphatic rings. The largest absolute Gasteiger partial charge is 0.354 e. The second kappa shape index (κ2) is 6.39. The van der Waals surface area contributed by atoms with Gasteiger partial charge < -0.3 is 10.2 Å². The van der Waals surface area contributed by atoms with Crippen LogP contribution in [0.1, 0.15) is 32.6 Å². The van der Waals surface area contributed by atoms with Gasteiger partial charge >= 0.3 is 0 Å². The summed E-state index contributed by atoms with van der Waals surface area (Å²) >= 11 is 1.61. The van der Waals surface area contributed by atoms with Crippen LogP contribution in [0.2, 0.25) is 0 Å². The fourth-order valence-electron chi connectivity index (χ4n) is 2.80. The SMILES string of the molecule is CCCCNC(=O)[C@@H]1CCCN1c1ncnc2sccc12. The molecule has 5 nitrogen and oxygen atoms in total. The third kappa shape index (κ3) is 2.85. The Morgan fingerprint density at radius 2 is 2.43 bits per heavy atom. The Labute approximate surface area is 128 Å². The van der Waals surface area contributed by atoms with Gasteiger partial charge in [-0.2, -0.15) is 0 Å². The van der Waals surface area contributed by atoms with Crippen LogP contribution in [-0.4, -0.2) is 35.0 Å². The third-order valence-corrected chi connectivity index (χ3v) is 4.72. The minimum absolute atomic E-state index is 0.0974. The molecule has 0 unspecified atom stereocenters. The summed E-state index contributed by atoms with van der Waals surface area (Å²) in [6, 6.07) is 1.94. The van der Waals surface area contributed by atoms with Crippen LogP contribution in [-0.2, 0) is 4.79 Å². The van der Waals surface area contributed by atoms with Gasteiger partial charge in [-0.3, -0.25) is 4.79 Å². The number of nitrogens with one attached hydrogen (secondary N) is 1. The number of thiophene rings is 1. The molecule has 2 aromatic rings. The van der Waals surface area contributed by atoms with Crippen molar-refractivity contribution in [2.45, 2.75) is 38.6 Å². The molecule has 21 heavy (non-hydrogen) atoms. The summed E-state index contributed by atoms with van der Waals surface area (Å²) in [6.07, 6.45) is 5.64. The predicted molar refractivity (Wildman–Crippen MR) is 85.7 cm³/mol. The molecule has 0 aromatic carbocycles. The molecular formula is C15H20N4OS.